The minimum absolute atomic E-state index is 0.221. The molecule has 2 aromatic rings. The lowest BCUT2D eigenvalue weighted by Gasteiger charge is -2.00. The van der Waals surface area contributed by atoms with E-state index in [1.165, 1.54) is 11.3 Å². The molecular weight excluding hydrogens is 230 g/mol. The van der Waals surface area contributed by atoms with Crippen LogP contribution in [0.25, 0.3) is 0 Å². The maximum Gasteiger partial charge on any atom is 0.205 e. The first-order valence-corrected chi connectivity index (χ1v) is 5.46. The van der Waals surface area contributed by atoms with Crippen LogP contribution in [0.5, 0.6) is 0 Å². The van der Waals surface area contributed by atoms with Gasteiger partial charge in [-0.25, -0.2) is 8.78 Å². The molecule has 2 rings (SSSR count). The normalized spacial score (nSPS) is 10.4. The topological polar surface area (TPSA) is 17.1 Å². The monoisotopic (exact) mass is 238 g/mol. The number of aryl methyl sites for hydroxylation is 1. The zero-order valence-electron chi connectivity index (χ0n) is 8.46. The van der Waals surface area contributed by atoms with Gasteiger partial charge in [-0.1, -0.05) is 0 Å². The lowest BCUT2D eigenvalue weighted by molar-refractivity contribution is 0.103. The average Bonchev–Trinajstić information content (AvgIpc) is 2.67. The van der Waals surface area contributed by atoms with E-state index in [0.717, 1.165) is 23.1 Å². The van der Waals surface area contributed by atoms with Gasteiger partial charge in [0.05, 0.1) is 10.4 Å². The Labute approximate surface area is 95.4 Å². The van der Waals surface area contributed by atoms with Crippen molar-refractivity contribution in [3.8, 4) is 0 Å². The molecule has 0 aliphatic rings. The molecule has 1 aromatic carbocycles. The van der Waals surface area contributed by atoms with Crippen LogP contribution in [0.15, 0.2) is 30.3 Å². The van der Waals surface area contributed by atoms with Gasteiger partial charge in [-0.3, -0.25) is 4.79 Å². The molecular formula is C12H8F2OS. The highest BCUT2D eigenvalue weighted by Crippen LogP contribution is 2.21. The Morgan fingerprint density at radius 1 is 1.19 bits per heavy atom. The maximum atomic E-state index is 13.3. The summed E-state index contributed by atoms with van der Waals surface area (Å²) in [6, 6.07) is 6.27. The molecule has 0 saturated carbocycles. The quantitative estimate of drug-likeness (QED) is 0.731. The summed E-state index contributed by atoms with van der Waals surface area (Å²) in [6.07, 6.45) is 0. The Morgan fingerprint density at radius 3 is 2.56 bits per heavy atom. The van der Waals surface area contributed by atoms with Crippen LogP contribution >= 0.6 is 11.3 Å². The van der Waals surface area contributed by atoms with E-state index in [9.17, 15) is 13.6 Å². The van der Waals surface area contributed by atoms with Gasteiger partial charge in [0.25, 0.3) is 0 Å². The minimum atomic E-state index is -0.697. The van der Waals surface area contributed by atoms with Crippen molar-refractivity contribution >= 4 is 17.1 Å². The Hall–Kier alpha value is -1.55. The molecule has 0 aliphatic heterocycles. The number of carbonyl (C=O) groups is 1. The van der Waals surface area contributed by atoms with Crippen molar-refractivity contribution in [2.24, 2.45) is 0 Å². The Bertz CT molecular complexity index is 546. The van der Waals surface area contributed by atoms with E-state index in [1.807, 2.05) is 6.92 Å². The maximum absolute atomic E-state index is 13.3. The van der Waals surface area contributed by atoms with E-state index in [-0.39, 0.29) is 5.56 Å². The molecule has 0 radical (unpaired) electrons. The van der Waals surface area contributed by atoms with Crippen molar-refractivity contribution in [3.05, 3.63) is 57.3 Å². The van der Waals surface area contributed by atoms with E-state index in [4.69, 9.17) is 0 Å². The summed E-state index contributed by atoms with van der Waals surface area (Å²) in [5.41, 5.74) is -0.221. The van der Waals surface area contributed by atoms with Crippen molar-refractivity contribution in [1.29, 1.82) is 0 Å². The third-order valence-corrected chi connectivity index (χ3v) is 3.14. The fourth-order valence-electron chi connectivity index (χ4n) is 1.36. The van der Waals surface area contributed by atoms with Crippen molar-refractivity contribution in [1.82, 2.24) is 0 Å². The van der Waals surface area contributed by atoms with E-state index in [1.54, 1.807) is 12.1 Å². The lowest BCUT2D eigenvalue weighted by Crippen LogP contribution is -2.02. The highest BCUT2D eigenvalue weighted by molar-refractivity contribution is 7.14. The van der Waals surface area contributed by atoms with Crippen LogP contribution in [0.3, 0.4) is 0 Å². The summed E-state index contributed by atoms with van der Waals surface area (Å²) >= 11 is 1.27. The Balaban J connectivity index is 2.45. The molecule has 0 amide bonds. The molecule has 1 nitrogen and oxygen atoms in total. The summed E-state index contributed by atoms with van der Waals surface area (Å²) < 4.78 is 26.2. The standard InChI is InChI=1S/C12H8F2OS/c1-7-2-5-11(16-7)12(15)9-6-8(13)3-4-10(9)14/h2-6H,1H3. The van der Waals surface area contributed by atoms with Gasteiger partial charge in [0.2, 0.25) is 5.78 Å². The molecule has 0 atom stereocenters. The molecule has 0 N–H and O–H groups in total. The largest absolute Gasteiger partial charge is 0.288 e. The SMILES string of the molecule is Cc1ccc(C(=O)c2cc(F)ccc2F)s1. The molecule has 0 spiro atoms. The second-order valence-corrected chi connectivity index (χ2v) is 4.65. The van der Waals surface area contributed by atoms with Gasteiger partial charge in [-0.15, -0.1) is 11.3 Å². The second kappa shape index (κ2) is 4.14. The van der Waals surface area contributed by atoms with Crippen molar-refractivity contribution in [2.75, 3.05) is 0 Å². The van der Waals surface area contributed by atoms with Gasteiger partial charge in [0, 0.05) is 4.88 Å². The van der Waals surface area contributed by atoms with Crippen LogP contribution in [0.2, 0.25) is 0 Å². The third kappa shape index (κ3) is 2.02. The molecule has 4 heteroatoms. The summed E-state index contributed by atoms with van der Waals surface area (Å²) in [7, 11) is 0. The number of hydrogen-bond acceptors (Lipinski definition) is 2. The minimum Gasteiger partial charge on any atom is -0.288 e. The van der Waals surface area contributed by atoms with Crippen LogP contribution in [-0.4, -0.2) is 5.78 Å². The summed E-state index contributed by atoms with van der Waals surface area (Å²) in [6.45, 7) is 1.85. The van der Waals surface area contributed by atoms with E-state index in [0.29, 0.717) is 4.88 Å². The number of hydrogen-bond donors (Lipinski definition) is 0. The van der Waals surface area contributed by atoms with Gasteiger partial charge in [0.1, 0.15) is 11.6 Å². The zero-order valence-corrected chi connectivity index (χ0v) is 9.28. The van der Waals surface area contributed by atoms with Crippen LogP contribution in [-0.2, 0) is 0 Å². The lowest BCUT2D eigenvalue weighted by atomic mass is 10.1. The van der Waals surface area contributed by atoms with Crippen LogP contribution in [0.1, 0.15) is 20.1 Å². The molecule has 82 valence electrons. The number of halogens is 2. The van der Waals surface area contributed by atoms with E-state index < -0.39 is 17.4 Å². The van der Waals surface area contributed by atoms with Crippen molar-refractivity contribution < 1.29 is 13.6 Å². The number of rotatable bonds is 2. The number of benzene rings is 1. The zero-order chi connectivity index (χ0) is 11.7. The number of ketones is 1. The molecule has 16 heavy (non-hydrogen) atoms. The highest BCUT2D eigenvalue weighted by Gasteiger charge is 2.16. The fraction of sp³-hybridized carbons (Fsp3) is 0.0833. The second-order valence-electron chi connectivity index (χ2n) is 3.36. The third-order valence-electron chi connectivity index (χ3n) is 2.14. The molecule has 0 fully saturated rings. The number of thiophene rings is 1. The van der Waals surface area contributed by atoms with Gasteiger partial charge in [0.15, 0.2) is 0 Å². The first-order valence-electron chi connectivity index (χ1n) is 4.64. The molecule has 0 aliphatic carbocycles. The van der Waals surface area contributed by atoms with Crippen LogP contribution in [0, 0.1) is 18.6 Å². The Morgan fingerprint density at radius 2 is 1.94 bits per heavy atom. The van der Waals surface area contributed by atoms with Gasteiger partial charge < -0.3 is 0 Å². The summed E-state index contributed by atoms with van der Waals surface area (Å²) in [4.78, 5) is 13.2. The van der Waals surface area contributed by atoms with Crippen LogP contribution in [0.4, 0.5) is 8.78 Å². The number of carbonyl (C=O) groups excluding carboxylic acids is 1. The van der Waals surface area contributed by atoms with Crippen molar-refractivity contribution in [3.63, 3.8) is 0 Å². The van der Waals surface area contributed by atoms with Crippen LogP contribution < -0.4 is 0 Å². The summed E-state index contributed by atoms with van der Waals surface area (Å²) in [5.74, 6) is -1.79. The smallest absolute Gasteiger partial charge is 0.205 e. The van der Waals surface area contributed by atoms with Gasteiger partial charge in [-0.05, 0) is 37.3 Å². The molecule has 1 heterocycles. The van der Waals surface area contributed by atoms with Gasteiger partial charge >= 0.3 is 0 Å². The van der Waals surface area contributed by atoms with E-state index >= 15 is 0 Å². The van der Waals surface area contributed by atoms with Gasteiger partial charge in [-0.2, -0.15) is 0 Å². The molecule has 1 aromatic heterocycles. The Kier molecular flexibility index (Phi) is 2.83. The molecule has 0 saturated heterocycles. The molecule has 0 unspecified atom stereocenters. The first-order chi connectivity index (χ1) is 7.58. The molecule has 0 bridgehead atoms. The summed E-state index contributed by atoms with van der Waals surface area (Å²) in [5, 5.41) is 0. The predicted molar refractivity (Wildman–Crippen MR) is 58.8 cm³/mol. The van der Waals surface area contributed by atoms with E-state index in [2.05, 4.69) is 0 Å². The van der Waals surface area contributed by atoms with Crippen molar-refractivity contribution in [2.45, 2.75) is 6.92 Å². The first kappa shape index (κ1) is 11.0. The average molecular weight is 238 g/mol. The fourth-order valence-corrected chi connectivity index (χ4v) is 2.18. The predicted octanol–water partition coefficient (Wildman–Crippen LogP) is 3.57. The highest BCUT2D eigenvalue weighted by atomic mass is 32.1.